The predicted octanol–water partition coefficient (Wildman–Crippen LogP) is -1.58. The zero-order valence-electron chi connectivity index (χ0n) is 16.0. The second-order valence-corrected chi connectivity index (χ2v) is 6.94. The van der Waals surface area contributed by atoms with Gasteiger partial charge in [0.15, 0.2) is 0 Å². The smallest absolute Gasteiger partial charge is 0.326 e. The van der Waals surface area contributed by atoms with Crippen molar-refractivity contribution in [3.8, 4) is 0 Å². The SMILES string of the molecule is CCC(C)C(NC(=O)C(N)C(C)O)C(=O)NCC(=O)N1CCCC1C(=O)O. The summed E-state index contributed by atoms with van der Waals surface area (Å²) in [5.41, 5.74) is 5.59. The van der Waals surface area contributed by atoms with Crippen molar-refractivity contribution in [2.45, 2.75) is 64.3 Å². The number of aliphatic hydroxyl groups is 1. The Kier molecular flexibility index (Phi) is 8.64. The molecule has 1 heterocycles. The lowest BCUT2D eigenvalue weighted by atomic mass is 9.97. The first kappa shape index (κ1) is 22.8. The molecule has 1 saturated heterocycles. The zero-order valence-corrected chi connectivity index (χ0v) is 16.0. The van der Waals surface area contributed by atoms with Gasteiger partial charge in [0.25, 0.3) is 0 Å². The molecule has 1 fully saturated rings. The lowest BCUT2D eigenvalue weighted by Crippen LogP contribution is -2.57. The Hall–Kier alpha value is -2.20. The third kappa shape index (κ3) is 6.17. The Morgan fingerprint density at radius 2 is 1.85 bits per heavy atom. The monoisotopic (exact) mass is 386 g/mol. The van der Waals surface area contributed by atoms with Gasteiger partial charge in [0.2, 0.25) is 17.7 Å². The Balaban J connectivity index is 2.70. The predicted molar refractivity (Wildman–Crippen MR) is 96.4 cm³/mol. The number of nitrogens with zero attached hydrogens (tertiary/aromatic N) is 1. The molecule has 1 rings (SSSR count). The second kappa shape index (κ2) is 10.2. The van der Waals surface area contributed by atoms with E-state index in [1.807, 2.05) is 6.92 Å². The van der Waals surface area contributed by atoms with Crippen molar-refractivity contribution < 1.29 is 29.4 Å². The Morgan fingerprint density at radius 1 is 1.22 bits per heavy atom. The Labute approximate surface area is 158 Å². The summed E-state index contributed by atoms with van der Waals surface area (Å²) in [6.07, 6.45) is 0.496. The maximum Gasteiger partial charge on any atom is 0.326 e. The molecule has 0 saturated carbocycles. The molecule has 1 aliphatic rings. The van der Waals surface area contributed by atoms with Gasteiger partial charge in [-0.25, -0.2) is 4.79 Å². The fraction of sp³-hybridized carbons (Fsp3) is 0.765. The van der Waals surface area contributed by atoms with Crippen LogP contribution in [0.15, 0.2) is 0 Å². The number of nitrogens with one attached hydrogen (secondary N) is 2. The number of carbonyl (C=O) groups excluding carboxylic acids is 3. The van der Waals surface area contributed by atoms with Crippen molar-refractivity contribution >= 4 is 23.7 Å². The van der Waals surface area contributed by atoms with E-state index in [9.17, 15) is 24.3 Å². The van der Waals surface area contributed by atoms with E-state index in [-0.39, 0.29) is 12.5 Å². The van der Waals surface area contributed by atoms with Gasteiger partial charge in [-0.2, -0.15) is 0 Å². The first-order valence-electron chi connectivity index (χ1n) is 9.14. The molecule has 0 aromatic heterocycles. The van der Waals surface area contributed by atoms with Crippen molar-refractivity contribution in [2.24, 2.45) is 11.7 Å². The van der Waals surface area contributed by atoms with E-state index < -0.39 is 47.9 Å². The Bertz CT molecular complexity index is 568. The molecule has 0 radical (unpaired) electrons. The van der Waals surface area contributed by atoms with Gasteiger partial charge in [-0.3, -0.25) is 14.4 Å². The van der Waals surface area contributed by atoms with Crippen LogP contribution in [-0.4, -0.2) is 76.1 Å². The van der Waals surface area contributed by atoms with Gasteiger partial charge < -0.3 is 31.5 Å². The average Bonchev–Trinajstić information content (AvgIpc) is 3.12. The highest BCUT2D eigenvalue weighted by atomic mass is 16.4. The van der Waals surface area contributed by atoms with Crippen LogP contribution in [0.2, 0.25) is 0 Å². The average molecular weight is 386 g/mol. The van der Waals surface area contributed by atoms with Crippen LogP contribution < -0.4 is 16.4 Å². The number of nitrogens with two attached hydrogens (primary N) is 1. The van der Waals surface area contributed by atoms with Crippen LogP contribution in [0.25, 0.3) is 0 Å². The molecule has 1 aliphatic heterocycles. The topological polar surface area (TPSA) is 162 Å². The molecule has 10 heteroatoms. The third-order valence-electron chi connectivity index (χ3n) is 4.89. The summed E-state index contributed by atoms with van der Waals surface area (Å²) in [6, 6.07) is -2.97. The van der Waals surface area contributed by atoms with Crippen LogP contribution in [-0.2, 0) is 19.2 Å². The van der Waals surface area contributed by atoms with E-state index >= 15 is 0 Å². The first-order valence-corrected chi connectivity index (χ1v) is 9.14. The summed E-state index contributed by atoms with van der Waals surface area (Å²) in [4.78, 5) is 49.2. The van der Waals surface area contributed by atoms with Crippen molar-refractivity contribution in [3.05, 3.63) is 0 Å². The van der Waals surface area contributed by atoms with Crippen molar-refractivity contribution in [1.82, 2.24) is 15.5 Å². The summed E-state index contributed by atoms with van der Waals surface area (Å²) in [7, 11) is 0. The number of likely N-dealkylation sites (tertiary alicyclic amines) is 1. The lowest BCUT2D eigenvalue weighted by Gasteiger charge is -2.26. The molecule has 0 bridgehead atoms. The summed E-state index contributed by atoms with van der Waals surface area (Å²) in [5.74, 6) is -3.01. The van der Waals surface area contributed by atoms with Gasteiger partial charge in [-0.1, -0.05) is 20.3 Å². The second-order valence-electron chi connectivity index (χ2n) is 6.94. The van der Waals surface area contributed by atoms with E-state index in [4.69, 9.17) is 10.8 Å². The standard InChI is InChI=1S/C17H30N4O6/c1-4-9(2)14(20-15(24)13(18)10(3)22)16(25)19-8-12(23)21-7-5-6-11(21)17(26)27/h9-11,13-14,22H,4-8,18H2,1-3H3,(H,19,25)(H,20,24)(H,26,27). The van der Waals surface area contributed by atoms with Crippen LogP contribution >= 0.6 is 0 Å². The van der Waals surface area contributed by atoms with E-state index in [1.165, 1.54) is 11.8 Å². The molecule has 0 aromatic carbocycles. The summed E-state index contributed by atoms with van der Waals surface area (Å²) >= 11 is 0. The van der Waals surface area contributed by atoms with E-state index in [0.717, 1.165) is 0 Å². The number of hydrogen-bond acceptors (Lipinski definition) is 6. The molecule has 5 unspecified atom stereocenters. The molecule has 3 amide bonds. The van der Waals surface area contributed by atoms with E-state index in [1.54, 1.807) is 6.92 Å². The molecular formula is C17H30N4O6. The van der Waals surface area contributed by atoms with Crippen molar-refractivity contribution in [3.63, 3.8) is 0 Å². The van der Waals surface area contributed by atoms with Crippen LogP contribution in [0.3, 0.4) is 0 Å². The van der Waals surface area contributed by atoms with Gasteiger partial charge in [-0.15, -0.1) is 0 Å². The number of carbonyl (C=O) groups is 4. The third-order valence-corrected chi connectivity index (χ3v) is 4.89. The largest absolute Gasteiger partial charge is 0.480 e. The maximum atomic E-state index is 12.5. The molecule has 0 aromatic rings. The minimum atomic E-state index is -1.17. The minimum absolute atomic E-state index is 0.233. The Morgan fingerprint density at radius 3 is 2.37 bits per heavy atom. The molecule has 0 spiro atoms. The molecule has 5 atom stereocenters. The molecule has 0 aliphatic carbocycles. The minimum Gasteiger partial charge on any atom is -0.480 e. The number of aliphatic hydroxyl groups excluding tert-OH is 1. The molecule has 154 valence electrons. The fourth-order valence-electron chi connectivity index (χ4n) is 2.87. The summed E-state index contributed by atoms with van der Waals surface area (Å²) < 4.78 is 0. The quantitative estimate of drug-likeness (QED) is 0.319. The summed E-state index contributed by atoms with van der Waals surface area (Å²) in [6.45, 7) is 4.96. The number of amides is 3. The van der Waals surface area contributed by atoms with Gasteiger partial charge in [-0.05, 0) is 25.7 Å². The highest BCUT2D eigenvalue weighted by Crippen LogP contribution is 2.17. The number of rotatable bonds is 9. The van der Waals surface area contributed by atoms with Crippen molar-refractivity contribution in [1.29, 1.82) is 0 Å². The van der Waals surface area contributed by atoms with E-state index in [0.29, 0.717) is 25.8 Å². The van der Waals surface area contributed by atoms with Crippen LogP contribution in [0, 0.1) is 5.92 Å². The van der Waals surface area contributed by atoms with Crippen molar-refractivity contribution in [2.75, 3.05) is 13.1 Å². The van der Waals surface area contributed by atoms with Crippen LogP contribution in [0.4, 0.5) is 0 Å². The highest BCUT2D eigenvalue weighted by molar-refractivity contribution is 5.93. The zero-order chi connectivity index (χ0) is 20.7. The normalized spacial score (nSPS) is 21.1. The van der Waals surface area contributed by atoms with Gasteiger partial charge in [0.1, 0.15) is 18.1 Å². The number of hydrogen-bond donors (Lipinski definition) is 5. The molecule has 27 heavy (non-hydrogen) atoms. The number of carboxylic acid groups (broad SMARTS) is 1. The summed E-state index contributed by atoms with van der Waals surface area (Å²) in [5, 5.41) is 23.5. The number of aliphatic carboxylic acids is 1. The fourth-order valence-corrected chi connectivity index (χ4v) is 2.87. The van der Waals surface area contributed by atoms with Gasteiger partial charge >= 0.3 is 5.97 Å². The van der Waals surface area contributed by atoms with Crippen LogP contribution in [0.1, 0.15) is 40.0 Å². The van der Waals surface area contributed by atoms with Gasteiger partial charge in [0, 0.05) is 6.54 Å². The van der Waals surface area contributed by atoms with Crippen LogP contribution in [0.5, 0.6) is 0 Å². The first-order chi connectivity index (χ1) is 12.6. The number of carboxylic acids is 1. The van der Waals surface area contributed by atoms with Gasteiger partial charge in [0.05, 0.1) is 12.6 Å². The van der Waals surface area contributed by atoms with E-state index in [2.05, 4.69) is 10.6 Å². The molecule has 6 N–H and O–H groups in total. The molecule has 10 nitrogen and oxygen atoms in total. The highest BCUT2D eigenvalue weighted by Gasteiger charge is 2.34. The lowest BCUT2D eigenvalue weighted by molar-refractivity contribution is -0.148. The maximum absolute atomic E-state index is 12.5. The molecular weight excluding hydrogens is 356 g/mol.